The Morgan fingerprint density at radius 1 is 1.53 bits per heavy atom. The second kappa shape index (κ2) is 6.11. The molecule has 0 aliphatic heterocycles. The van der Waals surface area contributed by atoms with E-state index in [1.54, 1.807) is 18.2 Å². The van der Waals surface area contributed by atoms with Crippen molar-refractivity contribution in [1.82, 2.24) is 0 Å². The molecule has 0 atom stereocenters. The number of rotatable bonds is 4. The highest BCUT2D eigenvalue weighted by molar-refractivity contribution is 6.33. The summed E-state index contributed by atoms with van der Waals surface area (Å²) in [4.78, 5) is 3.84. The number of nitrogen functional groups attached to an aromatic ring is 1. The first kappa shape index (κ1) is 13.3. The summed E-state index contributed by atoms with van der Waals surface area (Å²) in [6.45, 7) is 7.29. The van der Waals surface area contributed by atoms with Crippen molar-refractivity contribution in [2.75, 3.05) is 5.73 Å². The Morgan fingerprint density at radius 2 is 2.24 bits per heavy atom. The first-order chi connectivity index (χ1) is 8.08. The Labute approximate surface area is 106 Å². The van der Waals surface area contributed by atoms with Crippen LogP contribution in [0.15, 0.2) is 46.8 Å². The van der Waals surface area contributed by atoms with E-state index < -0.39 is 0 Å². The molecule has 0 unspecified atom stereocenters. The van der Waals surface area contributed by atoms with Crippen molar-refractivity contribution < 1.29 is 4.74 Å². The number of hydrogen-bond donors (Lipinski definition) is 1. The Hall–Kier alpha value is -1.74. The molecule has 0 saturated carbocycles. The second-order valence-electron chi connectivity index (χ2n) is 3.43. The molecule has 0 aromatic heterocycles. The standard InChI is InChI=1S/C13H15ClN2O/c1-4-5-9(2)13(16-3)17-10-6-7-12(15)11(14)8-10/h4-8H,3,15H2,1-2H3/b5-4-,13-9+. The van der Waals surface area contributed by atoms with Gasteiger partial charge in [-0.25, -0.2) is 4.99 Å². The minimum atomic E-state index is 0.448. The number of halogens is 1. The van der Waals surface area contributed by atoms with Crippen molar-refractivity contribution in [3.8, 4) is 5.75 Å². The summed E-state index contributed by atoms with van der Waals surface area (Å²) >= 11 is 5.90. The summed E-state index contributed by atoms with van der Waals surface area (Å²) < 4.78 is 5.57. The van der Waals surface area contributed by atoms with Gasteiger partial charge in [-0.2, -0.15) is 0 Å². The maximum absolute atomic E-state index is 5.90. The summed E-state index contributed by atoms with van der Waals surface area (Å²) in [6, 6.07) is 5.06. The van der Waals surface area contributed by atoms with E-state index in [9.17, 15) is 0 Å². The third-order valence-corrected chi connectivity index (χ3v) is 2.41. The van der Waals surface area contributed by atoms with Crippen LogP contribution in [0.4, 0.5) is 5.69 Å². The van der Waals surface area contributed by atoms with Crippen molar-refractivity contribution in [2.24, 2.45) is 4.99 Å². The van der Waals surface area contributed by atoms with E-state index >= 15 is 0 Å². The molecular weight excluding hydrogens is 236 g/mol. The largest absolute Gasteiger partial charge is 0.439 e. The van der Waals surface area contributed by atoms with E-state index in [4.69, 9.17) is 22.1 Å². The Bertz CT molecular complexity index is 478. The van der Waals surface area contributed by atoms with Crippen LogP contribution in [0, 0.1) is 0 Å². The van der Waals surface area contributed by atoms with Gasteiger partial charge in [0.2, 0.25) is 5.88 Å². The number of benzene rings is 1. The number of ether oxygens (including phenoxy) is 1. The molecule has 1 aromatic carbocycles. The highest BCUT2D eigenvalue weighted by Gasteiger charge is 2.04. The van der Waals surface area contributed by atoms with E-state index in [0.29, 0.717) is 22.3 Å². The van der Waals surface area contributed by atoms with Crippen molar-refractivity contribution >= 4 is 24.0 Å². The van der Waals surface area contributed by atoms with E-state index in [1.165, 1.54) is 0 Å². The molecular formula is C13H15ClN2O. The van der Waals surface area contributed by atoms with Crippen LogP contribution in [-0.2, 0) is 0 Å². The average molecular weight is 251 g/mol. The molecule has 2 N–H and O–H groups in total. The molecule has 0 radical (unpaired) electrons. The normalized spacial score (nSPS) is 12.4. The molecule has 0 amide bonds. The minimum absolute atomic E-state index is 0.448. The molecule has 0 bridgehead atoms. The lowest BCUT2D eigenvalue weighted by Crippen LogP contribution is -1.96. The van der Waals surface area contributed by atoms with Crippen LogP contribution >= 0.6 is 11.6 Å². The lowest BCUT2D eigenvalue weighted by Gasteiger charge is -2.08. The van der Waals surface area contributed by atoms with E-state index in [-0.39, 0.29) is 0 Å². The van der Waals surface area contributed by atoms with E-state index in [0.717, 1.165) is 5.57 Å². The number of nitrogens with two attached hydrogens (primary N) is 1. The molecule has 1 aromatic rings. The van der Waals surface area contributed by atoms with Crippen molar-refractivity contribution in [2.45, 2.75) is 13.8 Å². The maximum Gasteiger partial charge on any atom is 0.221 e. The molecule has 0 heterocycles. The van der Waals surface area contributed by atoms with Gasteiger partial charge in [-0.05, 0) is 32.7 Å². The lowest BCUT2D eigenvalue weighted by atomic mass is 10.3. The Kier molecular flexibility index (Phi) is 4.79. The first-order valence-electron chi connectivity index (χ1n) is 5.11. The van der Waals surface area contributed by atoms with Crippen LogP contribution in [0.25, 0.3) is 0 Å². The summed E-state index contributed by atoms with van der Waals surface area (Å²) in [5, 5.41) is 0.453. The van der Waals surface area contributed by atoms with Gasteiger partial charge in [0.25, 0.3) is 0 Å². The van der Waals surface area contributed by atoms with Gasteiger partial charge in [0.05, 0.1) is 10.7 Å². The zero-order valence-electron chi connectivity index (χ0n) is 9.90. The van der Waals surface area contributed by atoms with Gasteiger partial charge >= 0.3 is 0 Å². The highest BCUT2D eigenvalue weighted by Crippen LogP contribution is 2.26. The maximum atomic E-state index is 5.90. The molecule has 1 rings (SSSR count). The topological polar surface area (TPSA) is 47.6 Å². The molecule has 0 fully saturated rings. The number of nitrogens with zero attached hydrogens (tertiary/aromatic N) is 1. The van der Waals surface area contributed by atoms with E-state index in [1.807, 2.05) is 26.0 Å². The average Bonchev–Trinajstić information content (AvgIpc) is 2.30. The monoisotopic (exact) mass is 250 g/mol. The van der Waals surface area contributed by atoms with Crippen molar-refractivity contribution in [3.05, 3.63) is 46.8 Å². The second-order valence-corrected chi connectivity index (χ2v) is 3.84. The predicted octanol–water partition coefficient (Wildman–Crippen LogP) is 3.81. The smallest absolute Gasteiger partial charge is 0.221 e. The van der Waals surface area contributed by atoms with Crippen LogP contribution < -0.4 is 10.5 Å². The molecule has 17 heavy (non-hydrogen) atoms. The van der Waals surface area contributed by atoms with Crippen LogP contribution in [0.2, 0.25) is 5.02 Å². The van der Waals surface area contributed by atoms with Gasteiger partial charge < -0.3 is 10.5 Å². The molecule has 0 spiro atoms. The van der Waals surface area contributed by atoms with Gasteiger partial charge in [0.15, 0.2) is 0 Å². The SMILES string of the molecule is C=N/C(Oc1ccc(N)c(Cl)c1)=C(C)\C=C/C. The van der Waals surface area contributed by atoms with E-state index in [2.05, 4.69) is 11.7 Å². The summed E-state index contributed by atoms with van der Waals surface area (Å²) in [5.41, 5.74) is 7.01. The lowest BCUT2D eigenvalue weighted by molar-refractivity contribution is 0.417. The summed E-state index contributed by atoms with van der Waals surface area (Å²) in [6.07, 6.45) is 3.79. The molecule has 0 aliphatic rings. The zero-order valence-corrected chi connectivity index (χ0v) is 10.7. The summed E-state index contributed by atoms with van der Waals surface area (Å²) in [7, 11) is 0. The minimum Gasteiger partial charge on any atom is -0.439 e. The zero-order chi connectivity index (χ0) is 12.8. The van der Waals surface area contributed by atoms with Crippen LogP contribution in [0.3, 0.4) is 0 Å². The molecule has 0 aliphatic carbocycles. The van der Waals surface area contributed by atoms with Gasteiger partial charge in [-0.1, -0.05) is 23.8 Å². The number of anilines is 1. The predicted molar refractivity (Wildman–Crippen MR) is 73.6 cm³/mol. The third kappa shape index (κ3) is 3.64. The fraction of sp³-hybridized carbons (Fsp3) is 0.154. The quantitative estimate of drug-likeness (QED) is 0.382. The third-order valence-electron chi connectivity index (χ3n) is 2.08. The first-order valence-corrected chi connectivity index (χ1v) is 5.49. The van der Waals surface area contributed by atoms with Gasteiger partial charge in [0.1, 0.15) is 5.75 Å². The fourth-order valence-corrected chi connectivity index (χ4v) is 1.41. The molecule has 4 heteroatoms. The Morgan fingerprint density at radius 3 is 2.76 bits per heavy atom. The van der Waals surface area contributed by atoms with Gasteiger partial charge in [-0.3, -0.25) is 0 Å². The Balaban J connectivity index is 2.99. The van der Waals surface area contributed by atoms with Crippen LogP contribution in [0.1, 0.15) is 13.8 Å². The molecule has 3 nitrogen and oxygen atoms in total. The molecule has 90 valence electrons. The van der Waals surface area contributed by atoms with Crippen LogP contribution in [-0.4, -0.2) is 6.72 Å². The number of allylic oxidation sites excluding steroid dienone is 3. The number of aliphatic imine (C=N–C) groups is 1. The van der Waals surface area contributed by atoms with Crippen molar-refractivity contribution in [3.63, 3.8) is 0 Å². The van der Waals surface area contributed by atoms with Gasteiger partial charge in [0, 0.05) is 11.6 Å². The van der Waals surface area contributed by atoms with Gasteiger partial charge in [-0.15, -0.1) is 0 Å². The molecule has 0 saturated heterocycles. The summed E-state index contributed by atoms with van der Waals surface area (Å²) in [5.74, 6) is 1.03. The van der Waals surface area contributed by atoms with Crippen LogP contribution in [0.5, 0.6) is 5.75 Å². The number of hydrogen-bond acceptors (Lipinski definition) is 3. The van der Waals surface area contributed by atoms with Crippen molar-refractivity contribution in [1.29, 1.82) is 0 Å². The fourth-order valence-electron chi connectivity index (χ4n) is 1.24. The highest BCUT2D eigenvalue weighted by atomic mass is 35.5.